The monoisotopic (exact) mass is 408 g/mol. The fraction of sp³-hybridized carbons (Fsp3) is 0.478. The Bertz CT molecular complexity index is 806. The van der Waals surface area contributed by atoms with Crippen molar-refractivity contribution >= 4 is 17.5 Å². The van der Waals surface area contributed by atoms with E-state index < -0.39 is 0 Å². The van der Waals surface area contributed by atoms with Crippen LogP contribution < -0.4 is 15.5 Å². The van der Waals surface area contributed by atoms with Gasteiger partial charge in [0.1, 0.15) is 5.82 Å². The Hall–Kier alpha value is -2.64. The van der Waals surface area contributed by atoms with Crippen molar-refractivity contribution in [1.29, 1.82) is 0 Å². The molecule has 0 aliphatic carbocycles. The van der Waals surface area contributed by atoms with Gasteiger partial charge in [-0.1, -0.05) is 30.3 Å². The molecular formula is C23H32N6O. The van der Waals surface area contributed by atoms with Crippen molar-refractivity contribution in [2.24, 2.45) is 0 Å². The molecule has 2 aliphatic rings. The van der Waals surface area contributed by atoms with Crippen molar-refractivity contribution in [3.63, 3.8) is 0 Å². The molecule has 1 atom stereocenters. The smallest absolute Gasteiger partial charge is 0.319 e. The van der Waals surface area contributed by atoms with Crippen LogP contribution in [0.2, 0.25) is 0 Å². The molecule has 7 nitrogen and oxygen atoms in total. The number of nitrogens with one attached hydrogen (secondary N) is 2. The van der Waals surface area contributed by atoms with E-state index in [1.807, 2.05) is 12.1 Å². The first-order valence-corrected chi connectivity index (χ1v) is 10.9. The number of amides is 2. The fourth-order valence-corrected chi connectivity index (χ4v) is 4.30. The van der Waals surface area contributed by atoms with Gasteiger partial charge in [0.2, 0.25) is 0 Å². The maximum Gasteiger partial charge on any atom is 0.319 e. The van der Waals surface area contributed by atoms with E-state index >= 15 is 0 Å². The van der Waals surface area contributed by atoms with Crippen LogP contribution in [0.15, 0.2) is 48.7 Å². The van der Waals surface area contributed by atoms with Crippen molar-refractivity contribution in [3.8, 4) is 0 Å². The van der Waals surface area contributed by atoms with E-state index in [9.17, 15) is 4.79 Å². The topological polar surface area (TPSA) is 63.7 Å². The predicted octanol–water partition coefficient (Wildman–Crippen LogP) is 2.79. The van der Waals surface area contributed by atoms with E-state index in [1.165, 1.54) is 18.4 Å². The summed E-state index contributed by atoms with van der Waals surface area (Å²) in [5, 5.41) is 5.88. The number of nitrogens with zero attached hydrogens (tertiary/aromatic N) is 4. The van der Waals surface area contributed by atoms with Crippen LogP contribution in [0.5, 0.6) is 0 Å². The summed E-state index contributed by atoms with van der Waals surface area (Å²) < 4.78 is 0. The third-order valence-electron chi connectivity index (χ3n) is 6.00. The molecule has 0 radical (unpaired) electrons. The van der Waals surface area contributed by atoms with Crippen LogP contribution in [-0.4, -0.2) is 73.7 Å². The highest BCUT2D eigenvalue weighted by molar-refractivity contribution is 5.89. The van der Waals surface area contributed by atoms with Crippen molar-refractivity contribution < 1.29 is 4.79 Å². The normalized spacial score (nSPS) is 20.3. The Morgan fingerprint density at radius 1 is 1.07 bits per heavy atom. The summed E-state index contributed by atoms with van der Waals surface area (Å²) >= 11 is 0. The molecule has 2 fully saturated rings. The predicted molar refractivity (Wildman–Crippen MR) is 121 cm³/mol. The van der Waals surface area contributed by atoms with Gasteiger partial charge in [0.05, 0.1) is 11.9 Å². The van der Waals surface area contributed by atoms with Crippen LogP contribution in [0.3, 0.4) is 0 Å². The average Bonchev–Trinajstić information content (AvgIpc) is 3.31. The van der Waals surface area contributed by atoms with Gasteiger partial charge in [0, 0.05) is 51.9 Å². The molecule has 160 valence electrons. The van der Waals surface area contributed by atoms with Gasteiger partial charge >= 0.3 is 6.03 Å². The highest BCUT2D eigenvalue weighted by Gasteiger charge is 2.26. The Morgan fingerprint density at radius 2 is 1.87 bits per heavy atom. The molecule has 7 heteroatoms. The molecule has 2 aromatic rings. The van der Waals surface area contributed by atoms with Gasteiger partial charge in [-0.25, -0.2) is 9.78 Å². The summed E-state index contributed by atoms with van der Waals surface area (Å²) in [5.74, 6) is 0.987. The van der Waals surface area contributed by atoms with Gasteiger partial charge in [0.25, 0.3) is 0 Å². The highest BCUT2D eigenvalue weighted by Crippen LogP contribution is 2.24. The van der Waals surface area contributed by atoms with Crippen LogP contribution >= 0.6 is 0 Å². The number of carbonyl (C=O) groups excluding carboxylic acids is 1. The van der Waals surface area contributed by atoms with Gasteiger partial charge in [-0.05, 0) is 37.6 Å². The van der Waals surface area contributed by atoms with E-state index in [4.69, 9.17) is 0 Å². The zero-order chi connectivity index (χ0) is 20.8. The van der Waals surface area contributed by atoms with Crippen molar-refractivity contribution in [2.45, 2.75) is 18.9 Å². The summed E-state index contributed by atoms with van der Waals surface area (Å²) in [5.41, 5.74) is 2.05. The molecule has 0 spiro atoms. The molecule has 0 bridgehead atoms. The Morgan fingerprint density at radius 3 is 2.60 bits per heavy atom. The summed E-state index contributed by atoms with van der Waals surface area (Å²) in [6, 6.07) is 14.7. The lowest BCUT2D eigenvalue weighted by Crippen LogP contribution is -2.49. The lowest BCUT2D eigenvalue weighted by Gasteiger charge is -2.40. The molecule has 1 aromatic carbocycles. The second-order valence-electron chi connectivity index (χ2n) is 8.20. The Balaban J connectivity index is 1.25. The summed E-state index contributed by atoms with van der Waals surface area (Å²) in [4.78, 5) is 23.9. The number of benzene rings is 1. The first kappa shape index (κ1) is 20.6. The maximum atomic E-state index is 12.3. The number of pyridine rings is 1. The first-order valence-electron chi connectivity index (χ1n) is 10.9. The maximum absolute atomic E-state index is 12.3. The van der Waals surface area contributed by atoms with Gasteiger partial charge in [-0.3, -0.25) is 4.90 Å². The summed E-state index contributed by atoms with van der Waals surface area (Å²) in [7, 11) is 2.17. The van der Waals surface area contributed by atoms with E-state index in [0.717, 1.165) is 50.8 Å². The molecule has 4 rings (SSSR count). The second-order valence-corrected chi connectivity index (χ2v) is 8.20. The molecular weight excluding hydrogens is 376 g/mol. The van der Waals surface area contributed by atoms with E-state index in [0.29, 0.717) is 12.6 Å². The summed E-state index contributed by atoms with van der Waals surface area (Å²) in [6.07, 6.45) is 4.18. The Kier molecular flexibility index (Phi) is 6.81. The molecule has 2 N–H and O–H groups in total. The lowest BCUT2D eigenvalue weighted by atomic mass is 10.0. The number of piperazine rings is 1. The number of aromatic nitrogens is 1. The molecule has 30 heavy (non-hydrogen) atoms. The largest absolute Gasteiger partial charge is 0.357 e. The highest BCUT2D eigenvalue weighted by atomic mass is 16.2. The third kappa shape index (κ3) is 5.29. The van der Waals surface area contributed by atoms with E-state index in [-0.39, 0.29) is 6.03 Å². The number of hydrogen-bond donors (Lipinski definition) is 2. The van der Waals surface area contributed by atoms with Crippen molar-refractivity contribution in [1.82, 2.24) is 20.1 Å². The van der Waals surface area contributed by atoms with E-state index in [1.54, 1.807) is 6.20 Å². The molecule has 2 saturated heterocycles. The molecule has 0 saturated carbocycles. The molecule has 0 unspecified atom stereocenters. The second kappa shape index (κ2) is 9.91. The van der Waals surface area contributed by atoms with Gasteiger partial charge in [-0.2, -0.15) is 0 Å². The zero-order valence-electron chi connectivity index (χ0n) is 17.8. The quantitative estimate of drug-likeness (QED) is 0.770. The molecule has 2 amide bonds. The first-order chi connectivity index (χ1) is 14.7. The number of rotatable bonds is 6. The minimum Gasteiger partial charge on any atom is -0.357 e. The SMILES string of the molecule is CN1CCN(CCNC(=O)Nc2ccc(N3CCCC3)nc2)[C@@H](c2ccccc2)C1. The fourth-order valence-electron chi connectivity index (χ4n) is 4.30. The van der Waals surface area contributed by atoms with Crippen LogP contribution in [-0.2, 0) is 0 Å². The third-order valence-corrected chi connectivity index (χ3v) is 6.00. The van der Waals surface area contributed by atoms with Crippen molar-refractivity contribution in [3.05, 3.63) is 54.2 Å². The number of hydrogen-bond acceptors (Lipinski definition) is 5. The van der Waals surface area contributed by atoms with Gasteiger partial charge in [-0.15, -0.1) is 0 Å². The van der Waals surface area contributed by atoms with Crippen molar-refractivity contribution in [2.75, 3.05) is 63.1 Å². The molecule has 3 heterocycles. The van der Waals surface area contributed by atoms with E-state index in [2.05, 4.69) is 67.7 Å². The summed E-state index contributed by atoms with van der Waals surface area (Å²) in [6.45, 7) is 6.62. The van der Waals surface area contributed by atoms with Crippen LogP contribution in [0.1, 0.15) is 24.4 Å². The minimum atomic E-state index is -0.184. The van der Waals surface area contributed by atoms with Crippen LogP contribution in [0.4, 0.5) is 16.3 Å². The molecule has 1 aromatic heterocycles. The minimum absolute atomic E-state index is 0.184. The number of likely N-dealkylation sites (N-methyl/N-ethyl adjacent to an activating group) is 1. The zero-order valence-corrected chi connectivity index (χ0v) is 17.8. The van der Waals surface area contributed by atoms with Crippen LogP contribution in [0, 0.1) is 0 Å². The van der Waals surface area contributed by atoms with Gasteiger partial charge < -0.3 is 20.4 Å². The van der Waals surface area contributed by atoms with Crippen LogP contribution in [0.25, 0.3) is 0 Å². The molecule has 2 aliphatic heterocycles. The Labute approximate surface area is 179 Å². The average molecular weight is 409 g/mol. The standard InChI is InChI=1S/C23H32N6O/c1-27-15-16-28(21(18-27)19-7-3-2-4-8-19)14-11-24-23(30)26-20-9-10-22(25-17-20)29-12-5-6-13-29/h2-4,7-10,17,21H,5-6,11-16,18H2,1H3,(H2,24,26,30)/t21-/m1/s1. The van der Waals surface area contributed by atoms with Gasteiger partial charge in [0.15, 0.2) is 0 Å². The lowest BCUT2D eigenvalue weighted by molar-refractivity contribution is 0.0913. The number of urea groups is 1. The number of anilines is 2. The number of carbonyl (C=O) groups is 1.